The molecular formula is C11H12N2S. The van der Waals surface area contributed by atoms with Crippen LogP contribution in [0.3, 0.4) is 0 Å². The zero-order chi connectivity index (χ0) is 10.1. The Morgan fingerprint density at radius 3 is 2.71 bits per heavy atom. The van der Waals surface area contributed by atoms with Gasteiger partial charge in [0.1, 0.15) is 10.7 Å². The number of benzene rings is 1. The topological polar surface area (TPSA) is 38.9 Å². The maximum Gasteiger partial charge on any atom is 0.114 e. The number of nitrogen functional groups attached to an aromatic ring is 1. The number of hydrogen-bond acceptors (Lipinski definition) is 3. The van der Waals surface area contributed by atoms with Crippen LogP contribution in [0.2, 0.25) is 0 Å². The number of thiazole rings is 1. The first kappa shape index (κ1) is 9.21. The van der Waals surface area contributed by atoms with E-state index >= 15 is 0 Å². The van der Waals surface area contributed by atoms with Crippen LogP contribution in [0.1, 0.15) is 11.1 Å². The first-order chi connectivity index (χ1) is 6.70. The van der Waals surface area contributed by atoms with Crippen LogP contribution in [0.15, 0.2) is 23.7 Å². The second-order valence-electron chi connectivity index (χ2n) is 3.31. The highest BCUT2D eigenvalue weighted by atomic mass is 32.1. The minimum absolute atomic E-state index is 0.790. The Morgan fingerprint density at radius 1 is 1.29 bits per heavy atom. The Hall–Kier alpha value is -1.35. The van der Waals surface area contributed by atoms with Crippen molar-refractivity contribution in [3.05, 3.63) is 34.8 Å². The van der Waals surface area contributed by atoms with Crippen molar-refractivity contribution in [3.63, 3.8) is 0 Å². The van der Waals surface area contributed by atoms with Gasteiger partial charge in [0.15, 0.2) is 0 Å². The molecule has 2 nitrogen and oxygen atoms in total. The molecular weight excluding hydrogens is 192 g/mol. The van der Waals surface area contributed by atoms with Crippen molar-refractivity contribution in [2.75, 3.05) is 5.73 Å². The van der Waals surface area contributed by atoms with Crippen molar-refractivity contribution in [2.45, 2.75) is 13.8 Å². The first-order valence-corrected chi connectivity index (χ1v) is 5.33. The Morgan fingerprint density at radius 2 is 2.07 bits per heavy atom. The Bertz CT molecular complexity index is 460. The predicted octanol–water partition coefficient (Wildman–Crippen LogP) is 3.01. The number of nitrogens with zero attached hydrogens (tertiary/aromatic N) is 1. The Balaban J connectivity index is 2.63. The molecule has 2 rings (SSSR count). The van der Waals surface area contributed by atoms with Crippen molar-refractivity contribution in [1.29, 1.82) is 0 Å². The van der Waals surface area contributed by atoms with Crippen LogP contribution in [-0.4, -0.2) is 4.98 Å². The van der Waals surface area contributed by atoms with Crippen LogP contribution >= 0.6 is 11.3 Å². The lowest BCUT2D eigenvalue weighted by Crippen LogP contribution is -1.90. The highest BCUT2D eigenvalue weighted by Gasteiger charge is 2.08. The molecule has 0 spiro atoms. The molecule has 0 fully saturated rings. The molecule has 1 heterocycles. The van der Waals surface area contributed by atoms with Gasteiger partial charge in [-0.25, -0.2) is 4.98 Å². The molecule has 0 radical (unpaired) electrons. The van der Waals surface area contributed by atoms with E-state index in [4.69, 9.17) is 5.73 Å². The minimum Gasteiger partial charge on any atom is -0.389 e. The molecule has 0 saturated heterocycles. The van der Waals surface area contributed by atoms with E-state index in [-0.39, 0.29) is 0 Å². The first-order valence-electron chi connectivity index (χ1n) is 4.45. The largest absolute Gasteiger partial charge is 0.389 e. The SMILES string of the molecule is Cc1cccc(-c2ncsc2N)c1C. The van der Waals surface area contributed by atoms with Gasteiger partial charge >= 0.3 is 0 Å². The van der Waals surface area contributed by atoms with E-state index in [0.717, 1.165) is 16.3 Å². The molecule has 0 amide bonds. The van der Waals surface area contributed by atoms with Gasteiger partial charge in [0, 0.05) is 5.56 Å². The monoisotopic (exact) mass is 204 g/mol. The summed E-state index contributed by atoms with van der Waals surface area (Å²) in [5.74, 6) is 0. The number of rotatable bonds is 1. The van der Waals surface area contributed by atoms with Gasteiger partial charge in [-0.2, -0.15) is 0 Å². The van der Waals surface area contributed by atoms with Crippen molar-refractivity contribution in [3.8, 4) is 11.3 Å². The maximum absolute atomic E-state index is 5.85. The standard InChI is InChI=1S/C11H12N2S/c1-7-4-3-5-9(8(7)2)10-11(12)14-6-13-10/h3-6H,12H2,1-2H3. The molecule has 1 aromatic carbocycles. The van der Waals surface area contributed by atoms with Gasteiger partial charge in [-0.3, -0.25) is 0 Å². The Kier molecular flexibility index (Phi) is 2.25. The normalized spacial score (nSPS) is 10.4. The van der Waals surface area contributed by atoms with Crippen molar-refractivity contribution in [1.82, 2.24) is 4.98 Å². The average molecular weight is 204 g/mol. The van der Waals surface area contributed by atoms with Crippen molar-refractivity contribution in [2.24, 2.45) is 0 Å². The number of nitrogens with two attached hydrogens (primary N) is 1. The quantitative estimate of drug-likeness (QED) is 0.775. The van der Waals surface area contributed by atoms with Crippen LogP contribution < -0.4 is 5.73 Å². The molecule has 14 heavy (non-hydrogen) atoms. The van der Waals surface area contributed by atoms with E-state index < -0.39 is 0 Å². The third kappa shape index (κ3) is 1.40. The fourth-order valence-corrected chi connectivity index (χ4v) is 2.01. The van der Waals surface area contributed by atoms with E-state index in [0.29, 0.717) is 0 Å². The molecule has 0 unspecified atom stereocenters. The summed E-state index contributed by atoms with van der Waals surface area (Å²) in [7, 11) is 0. The molecule has 0 bridgehead atoms. The van der Waals surface area contributed by atoms with Crippen molar-refractivity contribution >= 4 is 16.3 Å². The molecule has 0 atom stereocenters. The summed E-state index contributed by atoms with van der Waals surface area (Å²) in [5.41, 5.74) is 12.2. The summed E-state index contributed by atoms with van der Waals surface area (Å²) in [4.78, 5) is 4.28. The molecule has 0 aliphatic heterocycles. The summed E-state index contributed by atoms with van der Waals surface area (Å²) in [5, 5.41) is 0.790. The second-order valence-corrected chi connectivity index (χ2v) is 4.20. The van der Waals surface area contributed by atoms with Crippen LogP contribution in [0, 0.1) is 13.8 Å². The predicted molar refractivity (Wildman–Crippen MR) is 61.4 cm³/mol. The molecule has 2 N–H and O–H groups in total. The molecule has 0 aliphatic carbocycles. The van der Waals surface area contributed by atoms with Gasteiger partial charge in [-0.05, 0) is 25.0 Å². The van der Waals surface area contributed by atoms with Gasteiger partial charge < -0.3 is 5.73 Å². The van der Waals surface area contributed by atoms with E-state index in [1.165, 1.54) is 22.5 Å². The van der Waals surface area contributed by atoms with Gasteiger partial charge in [0.05, 0.1) is 5.51 Å². The van der Waals surface area contributed by atoms with Gasteiger partial charge in [0.25, 0.3) is 0 Å². The third-order valence-electron chi connectivity index (χ3n) is 2.45. The summed E-state index contributed by atoms with van der Waals surface area (Å²) in [6.07, 6.45) is 0. The molecule has 0 aliphatic rings. The lowest BCUT2D eigenvalue weighted by Gasteiger charge is -2.06. The zero-order valence-corrected chi connectivity index (χ0v) is 9.06. The number of aryl methyl sites for hydroxylation is 1. The van der Waals surface area contributed by atoms with E-state index in [1.807, 2.05) is 6.07 Å². The van der Waals surface area contributed by atoms with Gasteiger partial charge in [0.2, 0.25) is 0 Å². The summed E-state index contributed by atoms with van der Waals surface area (Å²) in [6, 6.07) is 6.20. The lowest BCUT2D eigenvalue weighted by atomic mass is 10.0. The maximum atomic E-state index is 5.85. The van der Waals surface area contributed by atoms with Gasteiger partial charge in [-0.1, -0.05) is 18.2 Å². The Labute approximate surface area is 87.4 Å². The highest BCUT2D eigenvalue weighted by molar-refractivity contribution is 7.14. The van der Waals surface area contributed by atoms with E-state index in [2.05, 4.69) is 31.0 Å². The average Bonchev–Trinajstić information content (AvgIpc) is 2.57. The molecule has 3 heteroatoms. The molecule has 0 saturated carbocycles. The van der Waals surface area contributed by atoms with Crippen LogP contribution in [-0.2, 0) is 0 Å². The van der Waals surface area contributed by atoms with Crippen LogP contribution in [0.5, 0.6) is 0 Å². The smallest absolute Gasteiger partial charge is 0.114 e. The minimum atomic E-state index is 0.790. The fraction of sp³-hybridized carbons (Fsp3) is 0.182. The number of aromatic nitrogens is 1. The second kappa shape index (κ2) is 3.42. The summed E-state index contributed by atoms with van der Waals surface area (Å²) < 4.78 is 0. The third-order valence-corrected chi connectivity index (χ3v) is 3.11. The molecule has 72 valence electrons. The molecule has 2 aromatic rings. The fourth-order valence-electron chi connectivity index (χ4n) is 1.47. The zero-order valence-electron chi connectivity index (χ0n) is 8.24. The summed E-state index contributed by atoms with van der Waals surface area (Å²) >= 11 is 1.48. The number of hydrogen-bond donors (Lipinski definition) is 1. The lowest BCUT2D eigenvalue weighted by molar-refractivity contribution is 1.31. The van der Waals surface area contributed by atoms with E-state index in [1.54, 1.807) is 5.51 Å². The van der Waals surface area contributed by atoms with E-state index in [9.17, 15) is 0 Å². The van der Waals surface area contributed by atoms with Gasteiger partial charge in [-0.15, -0.1) is 11.3 Å². The van der Waals surface area contributed by atoms with Crippen LogP contribution in [0.25, 0.3) is 11.3 Å². The van der Waals surface area contributed by atoms with Crippen molar-refractivity contribution < 1.29 is 0 Å². The van der Waals surface area contributed by atoms with Crippen LogP contribution in [0.4, 0.5) is 5.00 Å². The summed E-state index contributed by atoms with van der Waals surface area (Å²) in [6.45, 7) is 4.20. The molecule has 1 aromatic heterocycles. The highest BCUT2D eigenvalue weighted by Crippen LogP contribution is 2.30. The number of anilines is 1.